The lowest BCUT2D eigenvalue weighted by Gasteiger charge is -2.20. The Hall–Kier alpha value is 0.270. The fraction of sp³-hybridized carbons (Fsp3) is 1.00. The van der Waals surface area contributed by atoms with Crippen LogP contribution in [0.25, 0.3) is 0 Å². The van der Waals surface area contributed by atoms with Crippen LogP contribution in [0.5, 0.6) is 0 Å². The van der Waals surface area contributed by atoms with Gasteiger partial charge in [0.05, 0.1) is 0 Å². The smallest absolute Gasteiger partial charge is 0.0470 e. The van der Waals surface area contributed by atoms with Gasteiger partial charge < -0.3 is 10.1 Å². The summed E-state index contributed by atoms with van der Waals surface area (Å²) in [5.74, 6) is 2.52. The fourth-order valence-corrected chi connectivity index (χ4v) is 2.13. The van der Waals surface area contributed by atoms with Crippen molar-refractivity contribution in [2.45, 2.75) is 45.6 Å². The molecule has 0 unspecified atom stereocenters. The second-order valence-corrected chi connectivity index (χ2v) is 6.07. The van der Waals surface area contributed by atoms with Gasteiger partial charge in [0.25, 0.3) is 0 Å². The zero-order valence-corrected chi connectivity index (χ0v) is 11.6. The van der Waals surface area contributed by atoms with E-state index < -0.39 is 0 Å². The zero-order chi connectivity index (χ0) is 11.6. The first-order valence-electron chi connectivity index (χ1n) is 5.88. The Balaban J connectivity index is 2.99. The molecule has 0 aromatic carbocycles. The third kappa shape index (κ3) is 14.3. The Morgan fingerprint density at radius 1 is 1.07 bits per heavy atom. The molecule has 1 N–H and O–H groups in total. The van der Waals surface area contributed by atoms with Crippen LogP contribution >= 0.6 is 11.8 Å². The largest absolute Gasteiger partial charge is 0.385 e. The standard InChI is InChI=1S/C12H27NOS/c1-12(2,3)13-8-5-6-10-15-11-7-9-14-4/h13H,5-11H2,1-4H3. The predicted molar refractivity (Wildman–Crippen MR) is 70.8 cm³/mol. The molecule has 2 nitrogen and oxygen atoms in total. The summed E-state index contributed by atoms with van der Waals surface area (Å²) in [7, 11) is 1.77. The molecule has 0 fully saturated rings. The van der Waals surface area contributed by atoms with Crippen LogP contribution in [0.15, 0.2) is 0 Å². The van der Waals surface area contributed by atoms with Crippen LogP contribution < -0.4 is 5.32 Å². The second kappa shape index (κ2) is 9.49. The number of hydrogen-bond acceptors (Lipinski definition) is 3. The van der Waals surface area contributed by atoms with E-state index in [-0.39, 0.29) is 5.54 Å². The summed E-state index contributed by atoms with van der Waals surface area (Å²) in [6.45, 7) is 8.69. The van der Waals surface area contributed by atoms with Gasteiger partial charge in [-0.05, 0) is 58.1 Å². The van der Waals surface area contributed by atoms with Crippen molar-refractivity contribution in [3.05, 3.63) is 0 Å². The highest BCUT2D eigenvalue weighted by atomic mass is 32.2. The molecule has 92 valence electrons. The highest BCUT2D eigenvalue weighted by molar-refractivity contribution is 7.99. The molecular formula is C12H27NOS. The molecular weight excluding hydrogens is 206 g/mol. The topological polar surface area (TPSA) is 21.3 Å². The van der Waals surface area contributed by atoms with E-state index in [1.807, 2.05) is 11.8 Å². The molecule has 0 rings (SSSR count). The second-order valence-electron chi connectivity index (χ2n) is 4.84. The van der Waals surface area contributed by atoms with E-state index >= 15 is 0 Å². The molecule has 3 heteroatoms. The molecule has 0 saturated heterocycles. The monoisotopic (exact) mass is 233 g/mol. The highest BCUT2D eigenvalue weighted by Gasteiger charge is 2.06. The number of ether oxygens (including phenoxy) is 1. The summed E-state index contributed by atoms with van der Waals surface area (Å²) in [5.41, 5.74) is 0.269. The maximum absolute atomic E-state index is 5.00. The first kappa shape index (κ1) is 15.3. The quantitative estimate of drug-likeness (QED) is 0.619. The van der Waals surface area contributed by atoms with Crippen LogP contribution in [0.4, 0.5) is 0 Å². The molecule has 0 heterocycles. The maximum atomic E-state index is 5.00. The van der Waals surface area contributed by atoms with Crippen molar-refractivity contribution in [2.24, 2.45) is 0 Å². The number of nitrogens with one attached hydrogen (secondary N) is 1. The number of hydrogen-bond donors (Lipinski definition) is 1. The van der Waals surface area contributed by atoms with Gasteiger partial charge >= 0.3 is 0 Å². The van der Waals surface area contributed by atoms with Crippen LogP contribution in [0.1, 0.15) is 40.0 Å². The summed E-state index contributed by atoms with van der Waals surface area (Å²) in [6, 6.07) is 0. The molecule has 15 heavy (non-hydrogen) atoms. The van der Waals surface area contributed by atoms with E-state index in [4.69, 9.17) is 4.74 Å². The highest BCUT2D eigenvalue weighted by Crippen LogP contribution is 2.06. The van der Waals surface area contributed by atoms with E-state index in [1.165, 1.54) is 30.8 Å². The Bertz CT molecular complexity index is 134. The van der Waals surface area contributed by atoms with Crippen molar-refractivity contribution >= 4 is 11.8 Å². The lowest BCUT2D eigenvalue weighted by Crippen LogP contribution is -2.36. The van der Waals surface area contributed by atoms with Gasteiger partial charge in [0.15, 0.2) is 0 Å². The molecule has 0 aliphatic rings. The van der Waals surface area contributed by atoms with Crippen LogP contribution in [0.3, 0.4) is 0 Å². The molecule has 0 aromatic heterocycles. The van der Waals surface area contributed by atoms with E-state index in [1.54, 1.807) is 7.11 Å². The third-order valence-corrected chi connectivity index (χ3v) is 3.16. The summed E-state index contributed by atoms with van der Waals surface area (Å²) in [5, 5.41) is 3.50. The Kier molecular flexibility index (Phi) is 9.66. The molecule has 0 bridgehead atoms. The zero-order valence-electron chi connectivity index (χ0n) is 10.8. The summed E-state index contributed by atoms with van der Waals surface area (Å²) in [6.07, 6.45) is 3.79. The average molecular weight is 233 g/mol. The van der Waals surface area contributed by atoms with Crippen LogP contribution in [-0.2, 0) is 4.74 Å². The lowest BCUT2D eigenvalue weighted by molar-refractivity contribution is 0.200. The van der Waals surface area contributed by atoms with E-state index in [0.29, 0.717) is 0 Å². The lowest BCUT2D eigenvalue weighted by atomic mass is 10.1. The van der Waals surface area contributed by atoms with Crippen molar-refractivity contribution in [3.8, 4) is 0 Å². The van der Waals surface area contributed by atoms with Gasteiger partial charge in [-0.25, -0.2) is 0 Å². The first-order chi connectivity index (χ1) is 7.06. The summed E-state index contributed by atoms with van der Waals surface area (Å²) in [4.78, 5) is 0. The van der Waals surface area contributed by atoms with Crippen molar-refractivity contribution in [2.75, 3.05) is 31.8 Å². The molecule has 0 aliphatic heterocycles. The van der Waals surface area contributed by atoms with Crippen molar-refractivity contribution in [1.82, 2.24) is 5.32 Å². The molecule has 0 radical (unpaired) electrons. The minimum Gasteiger partial charge on any atom is -0.385 e. The molecule has 0 spiro atoms. The number of unbranched alkanes of at least 4 members (excludes halogenated alkanes) is 1. The van der Waals surface area contributed by atoms with Crippen molar-refractivity contribution in [1.29, 1.82) is 0 Å². The van der Waals surface area contributed by atoms with Gasteiger partial charge in [-0.15, -0.1) is 0 Å². The minimum atomic E-state index is 0.269. The SMILES string of the molecule is COCCCSCCCCNC(C)(C)C. The summed E-state index contributed by atoms with van der Waals surface area (Å²) < 4.78 is 5.00. The van der Waals surface area contributed by atoms with Gasteiger partial charge in [-0.1, -0.05) is 0 Å². The van der Waals surface area contributed by atoms with Gasteiger partial charge in [-0.2, -0.15) is 11.8 Å². The molecule has 0 aliphatic carbocycles. The van der Waals surface area contributed by atoms with Gasteiger partial charge in [0, 0.05) is 19.3 Å². The molecule has 0 amide bonds. The van der Waals surface area contributed by atoms with E-state index in [2.05, 4.69) is 26.1 Å². The summed E-state index contributed by atoms with van der Waals surface area (Å²) >= 11 is 2.04. The Morgan fingerprint density at radius 3 is 2.33 bits per heavy atom. The van der Waals surface area contributed by atoms with Gasteiger partial charge in [0.2, 0.25) is 0 Å². The normalized spacial score (nSPS) is 12.0. The fourth-order valence-electron chi connectivity index (χ4n) is 1.20. The van der Waals surface area contributed by atoms with Crippen LogP contribution in [0, 0.1) is 0 Å². The van der Waals surface area contributed by atoms with Crippen LogP contribution in [-0.4, -0.2) is 37.3 Å². The van der Waals surface area contributed by atoms with Gasteiger partial charge in [0.1, 0.15) is 0 Å². The molecule has 0 aromatic rings. The number of thioether (sulfide) groups is 1. The number of methoxy groups -OCH3 is 1. The first-order valence-corrected chi connectivity index (χ1v) is 7.03. The average Bonchev–Trinajstić information content (AvgIpc) is 2.14. The molecule has 0 saturated carbocycles. The number of rotatable bonds is 9. The third-order valence-electron chi connectivity index (χ3n) is 2.01. The van der Waals surface area contributed by atoms with E-state index in [9.17, 15) is 0 Å². The van der Waals surface area contributed by atoms with Crippen molar-refractivity contribution < 1.29 is 4.74 Å². The van der Waals surface area contributed by atoms with Crippen molar-refractivity contribution in [3.63, 3.8) is 0 Å². The maximum Gasteiger partial charge on any atom is 0.0470 e. The molecule has 0 atom stereocenters. The van der Waals surface area contributed by atoms with Crippen LogP contribution in [0.2, 0.25) is 0 Å². The Labute approximate surface area is 99.5 Å². The van der Waals surface area contributed by atoms with E-state index in [0.717, 1.165) is 13.2 Å². The van der Waals surface area contributed by atoms with Gasteiger partial charge in [-0.3, -0.25) is 0 Å². The predicted octanol–water partition coefficient (Wildman–Crippen LogP) is 2.92. The Morgan fingerprint density at radius 2 is 1.73 bits per heavy atom. The minimum absolute atomic E-state index is 0.269.